The number of nitrogens with one attached hydrogen (secondary N) is 1. The molecule has 4 rings (SSSR count). The van der Waals surface area contributed by atoms with Gasteiger partial charge in [-0.25, -0.2) is 4.79 Å². The maximum Gasteiger partial charge on any atom is 0.416 e. The molecule has 2 saturated heterocycles. The molecule has 5 atom stereocenters. The van der Waals surface area contributed by atoms with Gasteiger partial charge in [0.15, 0.2) is 0 Å². The Morgan fingerprint density at radius 3 is 2.85 bits per heavy atom. The Hall–Kier alpha value is -2.33. The Balaban J connectivity index is 1.46. The molecule has 188 valence electrons. The van der Waals surface area contributed by atoms with Gasteiger partial charge in [-0.3, -0.25) is 4.79 Å². The molecule has 2 heterocycles. The molecule has 2 aliphatic heterocycles. The molecule has 2 unspecified atom stereocenters. The zero-order chi connectivity index (χ0) is 24.5. The molecule has 1 aromatic carbocycles. The van der Waals surface area contributed by atoms with Crippen LogP contribution >= 0.6 is 0 Å². The van der Waals surface area contributed by atoms with Crippen molar-refractivity contribution in [1.29, 1.82) is 0 Å². The van der Waals surface area contributed by atoms with Crippen LogP contribution in [0.5, 0.6) is 0 Å². The topological polar surface area (TPSA) is 93.9 Å². The summed E-state index contributed by atoms with van der Waals surface area (Å²) in [6.07, 6.45) is -1.18. The number of carbonyl (C=O) groups is 2. The van der Waals surface area contributed by atoms with Crippen LogP contribution in [0, 0.1) is 23.2 Å². The maximum atomic E-state index is 13.5. The van der Waals surface area contributed by atoms with E-state index in [0.29, 0.717) is 43.6 Å². The van der Waals surface area contributed by atoms with Gasteiger partial charge in [0.2, 0.25) is 5.91 Å². The summed E-state index contributed by atoms with van der Waals surface area (Å²) in [6.45, 7) is 1.90. The molecule has 0 bridgehead atoms. The molecule has 0 aromatic heterocycles. The largest absolute Gasteiger partial charge is 0.416 e. The second-order valence-corrected chi connectivity index (χ2v) is 9.89. The van der Waals surface area contributed by atoms with E-state index in [0.717, 1.165) is 31.4 Å². The highest BCUT2D eigenvalue weighted by atomic mass is 19.4. The first-order valence-electron chi connectivity index (χ1n) is 11.7. The number of primary amides is 1. The van der Waals surface area contributed by atoms with Gasteiger partial charge >= 0.3 is 12.2 Å². The van der Waals surface area contributed by atoms with Crippen LogP contribution in [0.1, 0.15) is 36.8 Å². The highest BCUT2D eigenvalue weighted by molar-refractivity contribution is 5.85. The van der Waals surface area contributed by atoms with Gasteiger partial charge in [0.05, 0.1) is 23.7 Å². The quantitative estimate of drug-likeness (QED) is 0.650. The number of nitrogens with two attached hydrogens (primary N) is 1. The number of alkyl halides is 3. The average molecular weight is 484 g/mol. The lowest BCUT2D eigenvalue weighted by Crippen LogP contribution is -2.45. The molecule has 3 aliphatic rings. The molecule has 7 nitrogen and oxygen atoms in total. The lowest BCUT2D eigenvalue weighted by molar-refractivity contribution is -0.137. The van der Waals surface area contributed by atoms with Crippen molar-refractivity contribution in [3.63, 3.8) is 0 Å². The van der Waals surface area contributed by atoms with Crippen LogP contribution in [0.15, 0.2) is 24.3 Å². The maximum absolute atomic E-state index is 13.5. The second-order valence-electron chi connectivity index (χ2n) is 9.89. The van der Waals surface area contributed by atoms with Crippen molar-refractivity contribution in [3.05, 3.63) is 35.4 Å². The van der Waals surface area contributed by atoms with E-state index in [2.05, 4.69) is 5.32 Å². The fraction of sp³-hybridized carbons (Fsp3) is 0.667. The van der Waals surface area contributed by atoms with E-state index in [1.807, 2.05) is 0 Å². The number of rotatable bonds is 6. The fourth-order valence-electron chi connectivity index (χ4n) is 6.13. The predicted molar refractivity (Wildman–Crippen MR) is 117 cm³/mol. The fourth-order valence-corrected chi connectivity index (χ4v) is 6.13. The van der Waals surface area contributed by atoms with Crippen LogP contribution in [0.4, 0.5) is 18.0 Å². The summed E-state index contributed by atoms with van der Waals surface area (Å²) in [5.41, 5.74) is 4.36. The molecule has 10 heteroatoms. The number of hydrogen-bond donors (Lipinski definition) is 2. The lowest BCUT2D eigenvalue weighted by Gasteiger charge is -2.33. The van der Waals surface area contributed by atoms with Gasteiger partial charge in [-0.05, 0) is 61.1 Å². The van der Waals surface area contributed by atoms with Crippen molar-refractivity contribution in [2.45, 2.75) is 44.5 Å². The number of fused-ring (bicyclic) bond motifs is 1. The standard InChI is InChI=1S/C24H32F3N3O4/c1-33-20-13-34-6-5-17(20)7-16-9-19-12-30(22(28)32)14-23(19,10-16)21(31)29-11-15-3-2-4-18(8-15)24(25,26)27/h2-4,8,16-17,19-20H,5-7,9-14H2,1H3,(H2,28,32)(H,29,31)/t16-,17?,19+,20?,23+/m1/s1. The van der Waals surface area contributed by atoms with E-state index in [4.69, 9.17) is 15.2 Å². The first kappa shape index (κ1) is 24.8. The van der Waals surface area contributed by atoms with Gasteiger partial charge in [0, 0.05) is 33.4 Å². The Morgan fingerprint density at radius 1 is 1.35 bits per heavy atom. The molecule has 1 aromatic rings. The number of urea groups is 1. The summed E-state index contributed by atoms with van der Waals surface area (Å²) in [7, 11) is 1.68. The Bertz CT molecular complexity index is 912. The van der Waals surface area contributed by atoms with E-state index in [-0.39, 0.29) is 31.0 Å². The zero-order valence-electron chi connectivity index (χ0n) is 19.3. The lowest BCUT2D eigenvalue weighted by atomic mass is 9.78. The summed E-state index contributed by atoms with van der Waals surface area (Å²) in [5.74, 6) is 0.379. The number of hydrogen-bond acceptors (Lipinski definition) is 4. The van der Waals surface area contributed by atoms with Gasteiger partial charge in [-0.15, -0.1) is 0 Å². The smallest absolute Gasteiger partial charge is 0.379 e. The Kier molecular flexibility index (Phi) is 7.09. The van der Waals surface area contributed by atoms with Crippen molar-refractivity contribution in [1.82, 2.24) is 10.2 Å². The second kappa shape index (κ2) is 9.73. The molecule has 34 heavy (non-hydrogen) atoms. The van der Waals surface area contributed by atoms with Gasteiger partial charge in [-0.2, -0.15) is 13.2 Å². The minimum absolute atomic E-state index is 0.00975. The molecule has 1 saturated carbocycles. The van der Waals surface area contributed by atoms with E-state index in [1.54, 1.807) is 13.2 Å². The van der Waals surface area contributed by atoms with Crippen LogP contribution in [0.3, 0.4) is 0 Å². The number of nitrogens with zero attached hydrogens (tertiary/aromatic N) is 1. The first-order valence-corrected chi connectivity index (χ1v) is 11.7. The highest BCUT2D eigenvalue weighted by Crippen LogP contribution is 2.53. The molecule has 3 fully saturated rings. The SMILES string of the molecule is COC1COCCC1C[C@@H]1C[C@H]2CN(C(N)=O)C[C@@]2(C(=O)NCc2cccc(C(F)(F)F)c2)C1. The highest BCUT2D eigenvalue weighted by Gasteiger charge is 2.58. The van der Waals surface area contributed by atoms with Gasteiger partial charge < -0.3 is 25.4 Å². The van der Waals surface area contributed by atoms with Crippen molar-refractivity contribution < 1.29 is 32.2 Å². The number of carbonyl (C=O) groups excluding carboxylic acids is 2. The summed E-state index contributed by atoms with van der Waals surface area (Å²) >= 11 is 0. The van der Waals surface area contributed by atoms with Gasteiger partial charge in [0.1, 0.15) is 0 Å². The molecular weight excluding hydrogens is 451 g/mol. The zero-order valence-corrected chi connectivity index (χ0v) is 19.3. The number of halogens is 3. The number of ether oxygens (including phenoxy) is 2. The van der Waals surface area contributed by atoms with Crippen LogP contribution in [-0.2, 0) is 27.0 Å². The van der Waals surface area contributed by atoms with E-state index < -0.39 is 23.2 Å². The third-order valence-electron chi connectivity index (χ3n) is 7.82. The third kappa shape index (κ3) is 5.02. The first-order chi connectivity index (χ1) is 16.1. The van der Waals surface area contributed by atoms with Crippen molar-refractivity contribution >= 4 is 11.9 Å². The van der Waals surface area contributed by atoms with Crippen molar-refractivity contribution in [2.24, 2.45) is 28.9 Å². The molecule has 3 N–H and O–H groups in total. The normalized spacial score (nSPS) is 31.4. The monoisotopic (exact) mass is 483 g/mol. The molecule has 0 radical (unpaired) electrons. The minimum atomic E-state index is -4.44. The summed E-state index contributed by atoms with van der Waals surface area (Å²) in [4.78, 5) is 26.9. The number of benzene rings is 1. The van der Waals surface area contributed by atoms with E-state index in [1.165, 1.54) is 11.0 Å². The van der Waals surface area contributed by atoms with Crippen molar-refractivity contribution in [2.75, 3.05) is 33.4 Å². The van der Waals surface area contributed by atoms with E-state index >= 15 is 0 Å². The summed E-state index contributed by atoms with van der Waals surface area (Å²) in [6, 6.07) is 4.39. The summed E-state index contributed by atoms with van der Waals surface area (Å²) < 4.78 is 50.2. The van der Waals surface area contributed by atoms with Crippen LogP contribution in [0.2, 0.25) is 0 Å². The third-order valence-corrected chi connectivity index (χ3v) is 7.82. The van der Waals surface area contributed by atoms with Gasteiger partial charge in [0.25, 0.3) is 0 Å². The number of amides is 3. The Labute approximate surface area is 197 Å². The molecular formula is C24H32F3N3O4. The average Bonchev–Trinajstić information content (AvgIpc) is 3.33. The molecule has 3 amide bonds. The minimum Gasteiger partial charge on any atom is -0.379 e. The predicted octanol–water partition coefficient (Wildman–Crippen LogP) is 3.17. The molecule has 0 spiro atoms. The number of methoxy groups -OCH3 is 1. The van der Waals surface area contributed by atoms with Crippen molar-refractivity contribution in [3.8, 4) is 0 Å². The molecule has 1 aliphatic carbocycles. The van der Waals surface area contributed by atoms with Crippen LogP contribution in [0.25, 0.3) is 0 Å². The van der Waals surface area contributed by atoms with Crippen LogP contribution in [-0.4, -0.2) is 56.4 Å². The summed E-state index contributed by atoms with van der Waals surface area (Å²) in [5, 5.41) is 2.86. The Morgan fingerprint density at radius 2 is 2.15 bits per heavy atom. The number of likely N-dealkylation sites (tertiary alicyclic amines) is 1. The van der Waals surface area contributed by atoms with Gasteiger partial charge in [-0.1, -0.05) is 12.1 Å². The van der Waals surface area contributed by atoms with Crippen LogP contribution < -0.4 is 11.1 Å². The van der Waals surface area contributed by atoms with E-state index in [9.17, 15) is 22.8 Å².